The first kappa shape index (κ1) is 9.33. The second-order valence-electron chi connectivity index (χ2n) is 3.75. The Hall–Kier alpha value is -1.23. The summed E-state index contributed by atoms with van der Waals surface area (Å²) < 4.78 is 1.61. The highest BCUT2D eigenvalue weighted by Crippen LogP contribution is 2.18. The molecule has 1 fully saturated rings. The molecule has 1 aliphatic carbocycles. The number of ketones is 1. The third kappa shape index (κ3) is 2.63. The van der Waals surface area contributed by atoms with Crippen molar-refractivity contribution in [3.05, 3.63) is 11.9 Å². The fraction of sp³-hybridized carbons (Fsp3) is 0.667. The molecular weight excluding hydrogens is 180 g/mol. The summed E-state index contributed by atoms with van der Waals surface area (Å²) in [7, 11) is 1.80. The molecular formula is C9H14N4O. The van der Waals surface area contributed by atoms with Crippen molar-refractivity contribution in [2.45, 2.75) is 25.3 Å². The van der Waals surface area contributed by atoms with E-state index >= 15 is 0 Å². The van der Waals surface area contributed by atoms with Crippen LogP contribution in [0, 0.1) is 0 Å². The van der Waals surface area contributed by atoms with Crippen molar-refractivity contribution in [1.29, 1.82) is 0 Å². The minimum Gasteiger partial charge on any atom is -0.307 e. The number of rotatable bonds is 5. The topological polar surface area (TPSA) is 59.8 Å². The van der Waals surface area contributed by atoms with E-state index in [1.165, 1.54) is 12.8 Å². The second kappa shape index (κ2) is 3.88. The lowest BCUT2D eigenvalue weighted by Gasteiger charge is -1.99. The van der Waals surface area contributed by atoms with Gasteiger partial charge in [-0.15, -0.1) is 5.10 Å². The van der Waals surface area contributed by atoms with Gasteiger partial charge in [0.25, 0.3) is 0 Å². The van der Waals surface area contributed by atoms with Gasteiger partial charge in [0.2, 0.25) is 0 Å². The van der Waals surface area contributed by atoms with E-state index in [0.29, 0.717) is 19.0 Å². The molecule has 1 aromatic heterocycles. The first-order chi connectivity index (χ1) is 6.74. The largest absolute Gasteiger partial charge is 0.307 e. The Balaban J connectivity index is 1.75. The third-order valence-corrected chi connectivity index (χ3v) is 2.19. The molecule has 1 aliphatic rings. The van der Waals surface area contributed by atoms with E-state index in [-0.39, 0.29) is 5.78 Å². The molecule has 1 N–H and O–H groups in total. The summed E-state index contributed by atoms with van der Waals surface area (Å²) in [6.45, 7) is 0.460. The Morgan fingerprint density at radius 1 is 1.71 bits per heavy atom. The number of aromatic nitrogens is 3. The highest BCUT2D eigenvalue weighted by Gasteiger charge is 2.21. The summed E-state index contributed by atoms with van der Waals surface area (Å²) in [6, 6.07) is 0.584. The van der Waals surface area contributed by atoms with E-state index in [1.54, 1.807) is 17.9 Å². The molecule has 2 rings (SSSR count). The van der Waals surface area contributed by atoms with Gasteiger partial charge in [-0.05, 0) is 12.8 Å². The highest BCUT2D eigenvalue weighted by molar-refractivity contribution is 5.82. The normalized spacial score (nSPS) is 15.8. The van der Waals surface area contributed by atoms with Crippen LogP contribution in [0.25, 0.3) is 0 Å². The summed E-state index contributed by atoms with van der Waals surface area (Å²) in [4.78, 5) is 11.4. The average molecular weight is 194 g/mol. The van der Waals surface area contributed by atoms with Gasteiger partial charge in [0.15, 0.2) is 5.78 Å². The van der Waals surface area contributed by atoms with Crippen molar-refractivity contribution in [2.24, 2.45) is 7.05 Å². The molecule has 14 heavy (non-hydrogen) atoms. The molecule has 0 radical (unpaired) electrons. The molecule has 0 spiro atoms. The monoisotopic (exact) mass is 194 g/mol. The first-order valence-electron chi connectivity index (χ1n) is 4.84. The molecule has 76 valence electrons. The Morgan fingerprint density at radius 3 is 3.07 bits per heavy atom. The summed E-state index contributed by atoms with van der Waals surface area (Å²) in [6.07, 6.45) is 4.57. The summed E-state index contributed by atoms with van der Waals surface area (Å²) >= 11 is 0. The van der Waals surface area contributed by atoms with Crippen LogP contribution in [0.3, 0.4) is 0 Å². The number of carbonyl (C=O) groups is 1. The van der Waals surface area contributed by atoms with Crippen molar-refractivity contribution in [3.63, 3.8) is 0 Å². The zero-order valence-corrected chi connectivity index (χ0v) is 8.23. The molecule has 0 aromatic carbocycles. The van der Waals surface area contributed by atoms with Crippen molar-refractivity contribution >= 4 is 5.78 Å². The number of hydrogen-bond acceptors (Lipinski definition) is 4. The van der Waals surface area contributed by atoms with Crippen LogP contribution in [0.2, 0.25) is 0 Å². The molecule has 5 nitrogen and oxygen atoms in total. The Kier molecular flexibility index (Phi) is 2.58. The molecule has 0 amide bonds. The van der Waals surface area contributed by atoms with E-state index in [9.17, 15) is 4.79 Å². The average Bonchev–Trinajstić information content (AvgIpc) is 2.88. The molecule has 1 saturated carbocycles. The standard InChI is InChI=1S/C9H14N4O/c1-13-6-8(11-12-13)4-9(14)5-10-7-2-3-7/h6-7,10H,2-5H2,1H3. The van der Waals surface area contributed by atoms with Crippen molar-refractivity contribution in [1.82, 2.24) is 20.3 Å². The van der Waals surface area contributed by atoms with Gasteiger partial charge >= 0.3 is 0 Å². The zero-order chi connectivity index (χ0) is 9.97. The van der Waals surface area contributed by atoms with Gasteiger partial charge in [-0.25, -0.2) is 0 Å². The van der Waals surface area contributed by atoms with E-state index < -0.39 is 0 Å². The van der Waals surface area contributed by atoms with Gasteiger partial charge in [0.1, 0.15) is 0 Å². The lowest BCUT2D eigenvalue weighted by Crippen LogP contribution is -2.26. The molecule has 0 bridgehead atoms. The maximum absolute atomic E-state index is 11.4. The van der Waals surface area contributed by atoms with Gasteiger partial charge in [-0.2, -0.15) is 0 Å². The first-order valence-corrected chi connectivity index (χ1v) is 4.84. The van der Waals surface area contributed by atoms with Crippen LogP contribution in [0.15, 0.2) is 6.20 Å². The zero-order valence-electron chi connectivity index (χ0n) is 8.23. The molecule has 0 atom stereocenters. The maximum Gasteiger partial charge on any atom is 0.152 e. The van der Waals surface area contributed by atoms with Crippen LogP contribution in [0.5, 0.6) is 0 Å². The molecule has 0 aliphatic heterocycles. The van der Waals surface area contributed by atoms with Gasteiger partial charge < -0.3 is 5.32 Å². The summed E-state index contributed by atoms with van der Waals surface area (Å²) in [5.41, 5.74) is 0.745. The summed E-state index contributed by atoms with van der Waals surface area (Å²) in [5.74, 6) is 0.178. The van der Waals surface area contributed by atoms with Crippen LogP contribution < -0.4 is 5.32 Å². The minimum absolute atomic E-state index is 0.178. The lowest BCUT2D eigenvalue weighted by molar-refractivity contribution is -0.117. The second-order valence-corrected chi connectivity index (χ2v) is 3.75. The SMILES string of the molecule is Cn1cc(CC(=O)CNC2CC2)nn1. The van der Waals surface area contributed by atoms with Gasteiger partial charge in [-0.3, -0.25) is 9.48 Å². The van der Waals surface area contributed by atoms with E-state index in [2.05, 4.69) is 15.6 Å². The molecule has 0 saturated heterocycles. The molecule has 0 unspecified atom stereocenters. The fourth-order valence-corrected chi connectivity index (χ4v) is 1.29. The van der Waals surface area contributed by atoms with Gasteiger partial charge in [0.05, 0.1) is 18.7 Å². The number of carbonyl (C=O) groups excluding carboxylic acids is 1. The maximum atomic E-state index is 11.4. The van der Waals surface area contributed by atoms with Crippen molar-refractivity contribution < 1.29 is 4.79 Å². The Morgan fingerprint density at radius 2 is 2.50 bits per heavy atom. The highest BCUT2D eigenvalue weighted by atomic mass is 16.1. The predicted octanol–water partition coefficient (Wildman–Crippen LogP) is -0.321. The predicted molar refractivity (Wildman–Crippen MR) is 50.7 cm³/mol. The Labute approximate surface area is 82.5 Å². The Bertz CT molecular complexity index is 329. The molecule has 1 aromatic rings. The van der Waals surface area contributed by atoms with E-state index in [0.717, 1.165) is 5.69 Å². The lowest BCUT2D eigenvalue weighted by atomic mass is 10.2. The smallest absolute Gasteiger partial charge is 0.152 e. The van der Waals surface area contributed by atoms with Crippen LogP contribution >= 0.6 is 0 Å². The van der Waals surface area contributed by atoms with Crippen LogP contribution in [0.4, 0.5) is 0 Å². The fourth-order valence-electron chi connectivity index (χ4n) is 1.29. The van der Waals surface area contributed by atoms with Crippen LogP contribution in [-0.4, -0.2) is 33.4 Å². The molecule has 5 heteroatoms. The number of aryl methyl sites for hydroxylation is 1. The van der Waals surface area contributed by atoms with E-state index in [4.69, 9.17) is 0 Å². The number of nitrogens with zero attached hydrogens (tertiary/aromatic N) is 3. The van der Waals surface area contributed by atoms with Gasteiger partial charge in [-0.1, -0.05) is 5.21 Å². The minimum atomic E-state index is 0.178. The van der Waals surface area contributed by atoms with E-state index in [1.807, 2.05) is 0 Å². The van der Waals surface area contributed by atoms with Crippen molar-refractivity contribution in [2.75, 3.05) is 6.54 Å². The number of hydrogen-bond donors (Lipinski definition) is 1. The van der Waals surface area contributed by atoms with Gasteiger partial charge in [0, 0.05) is 19.3 Å². The summed E-state index contributed by atoms with van der Waals surface area (Å²) in [5, 5.41) is 10.8. The number of Topliss-reactive ketones (excluding diaryl/α,β-unsaturated/α-hetero) is 1. The van der Waals surface area contributed by atoms with Crippen LogP contribution in [-0.2, 0) is 18.3 Å². The quantitative estimate of drug-likeness (QED) is 0.697. The number of nitrogens with one attached hydrogen (secondary N) is 1. The van der Waals surface area contributed by atoms with Crippen molar-refractivity contribution in [3.8, 4) is 0 Å². The molecule has 1 heterocycles. The third-order valence-electron chi connectivity index (χ3n) is 2.19. The van der Waals surface area contributed by atoms with Crippen LogP contribution in [0.1, 0.15) is 18.5 Å².